The zero-order valence-electron chi connectivity index (χ0n) is 40.7. The third-order valence-corrected chi connectivity index (χ3v) is 12.4. The molecule has 0 saturated carbocycles. The largest absolute Gasteiger partial charge is 0.462 e. The first-order chi connectivity index (χ1) is 32.0. The molecule has 386 valence electrons. The molecule has 15 heteroatoms. The Balaban J connectivity index is 1.83. The SMILES string of the molecule is CCCCCCCC/C=C/CCCCCCCC(=O)O[C@H](COC(=O)CC/C=C/CCCCCCCCCCCCC)CO[C@@H]1O[C@H](CO[C@@H]2O[C@H](CO)[C@H](O)C(O)C2O)[C@H](O)C(O)C1O. The number of hydrogen-bond acceptors (Lipinski definition) is 15. The summed E-state index contributed by atoms with van der Waals surface area (Å²) in [6.07, 6.45) is 22.2. The van der Waals surface area contributed by atoms with Gasteiger partial charge in [0.15, 0.2) is 18.7 Å². The van der Waals surface area contributed by atoms with Crippen LogP contribution in [0.3, 0.4) is 0 Å². The predicted molar refractivity (Wildman–Crippen MR) is 252 cm³/mol. The monoisotopic (exact) mass is 945 g/mol. The first kappa shape index (κ1) is 60.1. The summed E-state index contributed by atoms with van der Waals surface area (Å²) in [6, 6.07) is 0. The lowest BCUT2D eigenvalue weighted by Gasteiger charge is -2.42. The second-order valence-corrected chi connectivity index (χ2v) is 18.3. The molecule has 0 aliphatic carbocycles. The number of aliphatic hydroxyl groups is 7. The summed E-state index contributed by atoms with van der Waals surface area (Å²) in [6.45, 7) is 2.55. The zero-order valence-corrected chi connectivity index (χ0v) is 40.7. The highest BCUT2D eigenvalue weighted by atomic mass is 16.7. The van der Waals surface area contributed by atoms with Gasteiger partial charge in [-0.3, -0.25) is 9.59 Å². The molecule has 2 aliphatic rings. The van der Waals surface area contributed by atoms with Crippen LogP contribution in [0.2, 0.25) is 0 Å². The molecule has 7 N–H and O–H groups in total. The summed E-state index contributed by atoms with van der Waals surface area (Å²) in [4.78, 5) is 25.7. The molecule has 11 atom stereocenters. The van der Waals surface area contributed by atoms with E-state index in [1.54, 1.807) is 0 Å². The van der Waals surface area contributed by atoms with Gasteiger partial charge in [-0.1, -0.05) is 154 Å². The minimum absolute atomic E-state index is 0.135. The summed E-state index contributed by atoms with van der Waals surface area (Å²) < 4.78 is 33.5. The highest BCUT2D eigenvalue weighted by Gasteiger charge is 2.47. The first-order valence-electron chi connectivity index (χ1n) is 25.9. The molecule has 0 aromatic heterocycles. The minimum Gasteiger partial charge on any atom is -0.462 e. The van der Waals surface area contributed by atoms with E-state index in [9.17, 15) is 45.3 Å². The fourth-order valence-corrected chi connectivity index (χ4v) is 8.11. The van der Waals surface area contributed by atoms with Crippen molar-refractivity contribution in [2.45, 2.75) is 261 Å². The maximum absolute atomic E-state index is 13.0. The van der Waals surface area contributed by atoms with Crippen LogP contribution >= 0.6 is 0 Å². The predicted octanol–water partition coefficient (Wildman–Crippen LogP) is 7.16. The van der Waals surface area contributed by atoms with Crippen molar-refractivity contribution < 1.29 is 73.8 Å². The summed E-state index contributed by atoms with van der Waals surface area (Å²) in [5.74, 6) is -0.987. The van der Waals surface area contributed by atoms with E-state index < -0.39 is 99.3 Å². The van der Waals surface area contributed by atoms with Gasteiger partial charge >= 0.3 is 11.9 Å². The second kappa shape index (κ2) is 38.8. The maximum atomic E-state index is 13.0. The molecule has 2 rings (SSSR count). The number of carbonyl (C=O) groups is 2. The van der Waals surface area contributed by atoms with Gasteiger partial charge in [0.25, 0.3) is 0 Å². The third-order valence-electron chi connectivity index (χ3n) is 12.4. The Morgan fingerprint density at radius 1 is 0.470 bits per heavy atom. The van der Waals surface area contributed by atoms with Gasteiger partial charge in [-0.05, 0) is 51.4 Å². The number of unbranched alkanes of at least 4 members (excludes halogenated alkanes) is 22. The van der Waals surface area contributed by atoms with Gasteiger partial charge < -0.3 is 64.2 Å². The summed E-state index contributed by atoms with van der Waals surface area (Å²) >= 11 is 0. The van der Waals surface area contributed by atoms with E-state index in [1.165, 1.54) is 103 Å². The minimum atomic E-state index is -1.77. The Morgan fingerprint density at radius 2 is 0.894 bits per heavy atom. The maximum Gasteiger partial charge on any atom is 0.306 e. The molecule has 15 nitrogen and oxygen atoms in total. The Labute approximate surface area is 396 Å². The van der Waals surface area contributed by atoms with E-state index in [4.69, 9.17) is 28.4 Å². The molecular formula is C51H92O15. The topological polar surface area (TPSA) is 231 Å². The van der Waals surface area contributed by atoms with E-state index in [-0.39, 0.29) is 19.4 Å². The quantitative estimate of drug-likeness (QED) is 0.0184. The third kappa shape index (κ3) is 26.7. The standard InChI is InChI=1S/C51H92O15/c1-3-5-7-9-11-13-15-17-19-21-23-25-27-29-31-33-42(53)61-36-39(64-43(54)34-32-30-28-26-24-22-20-18-16-14-12-10-8-6-4-2)37-62-50-49(60)47(58)45(56)41(66-50)38-63-51-48(59)46(57)44(55)40(35-52)65-51/h18,20,27,29,39-41,44-52,55-60H,3-17,19,21-26,28,30-38H2,1-2H3/b20-18+,29-27+/t39-,40-,41-,44+,45+,46?,47?,48?,49?,50-,51-/m1/s1. The number of carbonyl (C=O) groups excluding carboxylic acids is 2. The molecule has 0 aromatic rings. The average molecular weight is 945 g/mol. The Kier molecular flexibility index (Phi) is 35.3. The Bertz CT molecular complexity index is 1250. The van der Waals surface area contributed by atoms with Crippen LogP contribution in [-0.4, -0.2) is 142 Å². The molecule has 2 aliphatic heterocycles. The van der Waals surface area contributed by atoms with Gasteiger partial charge in [0.1, 0.15) is 55.4 Å². The van der Waals surface area contributed by atoms with E-state index in [0.29, 0.717) is 12.8 Å². The van der Waals surface area contributed by atoms with E-state index in [2.05, 4.69) is 32.1 Å². The van der Waals surface area contributed by atoms with E-state index >= 15 is 0 Å². The lowest BCUT2D eigenvalue weighted by molar-refractivity contribution is -0.332. The van der Waals surface area contributed by atoms with Crippen LogP contribution in [0.25, 0.3) is 0 Å². The number of ether oxygens (including phenoxy) is 6. The van der Waals surface area contributed by atoms with Crippen LogP contribution in [0, 0.1) is 0 Å². The number of hydrogen-bond donors (Lipinski definition) is 7. The van der Waals surface area contributed by atoms with Crippen molar-refractivity contribution in [3.8, 4) is 0 Å². The van der Waals surface area contributed by atoms with Crippen molar-refractivity contribution in [3.05, 3.63) is 24.3 Å². The van der Waals surface area contributed by atoms with Crippen LogP contribution in [0.1, 0.15) is 194 Å². The average Bonchev–Trinajstić information content (AvgIpc) is 3.31. The van der Waals surface area contributed by atoms with Crippen LogP contribution in [0.4, 0.5) is 0 Å². The van der Waals surface area contributed by atoms with Gasteiger partial charge in [-0.15, -0.1) is 0 Å². The van der Waals surface area contributed by atoms with Gasteiger partial charge in [-0.2, -0.15) is 0 Å². The number of allylic oxidation sites excluding steroid dienone is 4. The highest BCUT2D eigenvalue weighted by Crippen LogP contribution is 2.26. The molecule has 2 fully saturated rings. The zero-order chi connectivity index (χ0) is 48.2. The van der Waals surface area contributed by atoms with Crippen molar-refractivity contribution in [2.75, 3.05) is 26.4 Å². The summed E-state index contributed by atoms with van der Waals surface area (Å²) in [5.41, 5.74) is 0. The molecule has 0 spiro atoms. The number of aliphatic hydroxyl groups excluding tert-OH is 7. The molecule has 2 saturated heterocycles. The second-order valence-electron chi connectivity index (χ2n) is 18.3. The number of esters is 2. The van der Waals surface area contributed by atoms with Gasteiger partial charge in [0.05, 0.1) is 19.8 Å². The van der Waals surface area contributed by atoms with Gasteiger partial charge in [-0.25, -0.2) is 0 Å². The fourth-order valence-electron chi connectivity index (χ4n) is 8.11. The van der Waals surface area contributed by atoms with Crippen LogP contribution in [-0.2, 0) is 38.0 Å². The van der Waals surface area contributed by atoms with Gasteiger partial charge in [0.2, 0.25) is 0 Å². The first-order valence-corrected chi connectivity index (χ1v) is 25.9. The van der Waals surface area contributed by atoms with Crippen molar-refractivity contribution in [2.24, 2.45) is 0 Å². The fraction of sp³-hybridized carbons (Fsp3) is 0.882. The molecule has 2 heterocycles. The molecule has 4 unspecified atom stereocenters. The lowest BCUT2D eigenvalue weighted by Crippen LogP contribution is -2.61. The molecule has 66 heavy (non-hydrogen) atoms. The van der Waals surface area contributed by atoms with E-state index in [0.717, 1.165) is 51.4 Å². The van der Waals surface area contributed by atoms with Crippen molar-refractivity contribution in [1.29, 1.82) is 0 Å². The normalized spacial score (nSPS) is 26.3. The Hall–Kier alpha value is -2.02. The van der Waals surface area contributed by atoms with E-state index in [1.807, 2.05) is 6.08 Å². The smallest absolute Gasteiger partial charge is 0.306 e. The summed E-state index contributed by atoms with van der Waals surface area (Å²) in [5, 5.41) is 72.0. The molecule has 0 bridgehead atoms. The van der Waals surface area contributed by atoms with Crippen LogP contribution < -0.4 is 0 Å². The molecule has 0 radical (unpaired) electrons. The highest BCUT2D eigenvalue weighted by molar-refractivity contribution is 5.70. The van der Waals surface area contributed by atoms with Crippen molar-refractivity contribution in [1.82, 2.24) is 0 Å². The molecule has 0 aromatic carbocycles. The van der Waals surface area contributed by atoms with Crippen LogP contribution in [0.15, 0.2) is 24.3 Å². The van der Waals surface area contributed by atoms with Crippen LogP contribution in [0.5, 0.6) is 0 Å². The lowest BCUT2D eigenvalue weighted by atomic mass is 9.98. The summed E-state index contributed by atoms with van der Waals surface area (Å²) in [7, 11) is 0. The molecule has 0 amide bonds. The number of rotatable bonds is 40. The van der Waals surface area contributed by atoms with Gasteiger partial charge in [0, 0.05) is 12.8 Å². The van der Waals surface area contributed by atoms with Crippen molar-refractivity contribution in [3.63, 3.8) is 0 Å². The Morgan fingerprint density at radius 3 is 1.39 bits per heavy atom. The van der Waals surface area contributed by atoms with Crippen molar-refractivity contribution >= 4 is 11.9 Å². The molecular weight excluding hydrogens is 853 g/mol.